The molecule has 21 heavy (non-hydrogen) atoms. The number of anilines is 1. The van der Waals surface area contributed by atoms with Gasteiger partial charge in [-0.2, -0.15) is 0 Å². The van der Waals surface area contributed by atoms with Gasteiger partial charge < -0.3 is 14.1 Å². The Morgan fingerprint density at radius 1 is 1.38 bits per heavy atom. The number of carbonyl (C=O) groups is 1. The van der Waals surface area contributed by atoms with Crippen molar-refractivity contribution in [1.29, 1.82) is 0 Å². The molecule has 0 aromatic carbocycles. The van der Waals surface area contributed by atoms with Crippen molar-refractivity contribution in [3.8, 4) is 0 Å². The summed E-state index contributed by atoms with van der Waals surface area (Å²) in [6.45, 7) is 5.59. The summed E-state index contributed by atoms with van der Waals surface area (Å²) in [5.41, 5.74) is 0. The second-order valence-corrected chi connectivity index (χ2v) is 6.38. The van der Waals surface area contributed by atoms with E-state index >= 15 is 0 Å². The lowest BCUT2D eigenvalue weighted by molar-refractivity contribution is -0.121. The van der Waals surface area contributed by atoms with Crippen molar-refractivity contribution >= 4 is 46.2 Å². The van der Waals surface area contributed by atoms with Gasteiger partial charge in [0.1, 0.15) is 10.1 Å². The molecule has 2 aliphatic rings. The molecule has 0 radical (unpaired) electrons. The third-order valence-electron chi connectivity index (χ3n) is 3.40. The summed E-state index contributed by atoms with van der Waals surface area (Å²) in [7, 11) is 0. The lowest BCUT2D eigenvalue weighted by atomic mass is 10.3. The van der Waals surface area contributed by atoms with Crippen molar-refractivity contribution in [3.05, 3.63) is 22.8 Å². The molecule has 0 bridgehead atoms. The van der Waals surface area contributed by atoms with Crippen LogP contribution in [-0.2, 0) is 9.53 Å². The van der Waals surface area contributed by atoms with E-state index in [0.717, 1.165) is 19.0 Å². The first-order valence-electron chi connectivity index (χ1n) is 6.87. The van der Waals surface area contributed by atoms with E-state index in [9.17, 15) is 4.79 Å². The van der Waals surface area contributed by atoms with Crippen molar-refractivity contribution in [2.75, 3.05) is 37.7 Å². The molecule has 0 aliphatic carbocycles. The van der Waals surface area contributed by atoms with Gasteiger partial charge in [0.15, 0.2) is 5.88 Å². The lowest BCUT2D eigenvalue weighted by Gasteiger charge is -2.26. The van der Waals surface area contributed by atoms with E-state index in [-0.39, 0.29) is 5.91 Å². The maximum Gasteiger partial charge on any atom is 0.266 e. The second kappa shape index (κ2) is 6.21. The van der Waals surface area contributed by atoms with Gasteiger partial charge in [-0.15, -0.1) is 0 Å². The molecule has 2 saturated heterocycles. The Bertz CT molecular complexity index is 591. The molecule has 5 nitrogen and oxygen atoms in total. The average Bonchev–Trinajstić information content (AvgIpc) is 3.06. The molecular weight excluding hydrogens is 308 g/mol. The quantitative estimate of drug-likeness (QED) is 0.628. The van der Waals surface area contributed by atoms with E-state index in [1.54, 1.807) is 11.0 Å². The molecule has 7 heteroatoms. The number of nitrogens with zero attached hydrogens (tertiary/aromatic N) is 2. The molecule has 2 aliphatic heterocycles. The molecule has 3 heterocycles. The zero-order chi connectivity index (χ0) is 14.8. The van der Waals surface area contributed by atoms with E-state index in [0.29, 0.717) is 34.7 Å². The molecule has 112 valence electrons. The van der Waals surface area contributed by atoms with Crippen molar-refractivity contribution in [2.24, 2.45) is 0 Å². The van der Waals surface area contributed by atoms with Gasteiger partial charge in [-0.05, 0) is 13.0 Å². The Balaban J connectivity index is 1.76. The molecule has 0 spiro atoms. The summed E-state index contributed by atoms with van der Waals surface area (Å²) in [5, 5.41) is 0. The van der Waals surface area contributed by atoms with E-state index in [4.69, 9.17) is 21.4 Å². The SMILES string of the molecule is CCN1C(=O)/C(=C\c2ccc(N3CCOCC3)o2)SC1=S. The first-order valence-corrected chi connectivity index (χ1v) is 8.09. The summed E-state index contributed by atoms with van der Waals surface area (Å²) < 4.78 is 11.7. The lowest BCUT2D eigenvalue weighted by Crippen LogP contribution is -2.35. The van der Waals surface area contributed by atoms with Crippen LogP contribution in [0, 0.1) is 0 Å². The average molecular weight is 324 g/mol. The third kappa shape index (κ3) is 3.00. The minimum Gasteiger partial charge on any atom is -0.441 e. The van der Waals surface area contributed by atoms with E-state index < -0.39 is 0 Å². The number of furan rings is 1. The van der Waals surface area contributed by atoms with Crippen LogP contribution < -0.4 is 4.90 Å². The maximum absolute atomic E-state index is 12.1. The van der Waals surface area contributed by atoms with Gasteiger partial charge in [-0.3, -0.25) is 9.69 Å². The van der Waals surface area contributed by atoms with Crippen molar-refractivity contribution in [3.63, 3.8) is 0 Å². The number of hydrogen-bond donors (Lipinski definition) is 0. The molecule has 1 amide bonds. The largest absolute Gasteiger partial charge is 0.441 e. The van der Waals surface area contributed by atoms with Crippen LogP contribution in [0.25, 0.3) is 6.08 Å². The number of rotatable bonds is 3. The molecule has 3 rings (SSSR count). The number of ether oxygens (including phenoxy) is 1. The molecule has 1 aromatic heterocycles. The fraction of sp³-hybridized carbons (Fsp3) is 0.429. The molecular formula is C14H16N2O3S2. The molecule has 2 fully saturated rings. The van der Waals surface area contributed by atoms with Crippen molar-refractivity contribution in [2.45, 2.75) is 6.92 Å². The molecule has 0 N–H and O–H groups in total. The first kappa shape index (κ1) is 14.6. The highest BCUT2D eigenvalue weighted by atomic mass is 32.2. The van der Waals surface area contributed by atoms with Crippen LogP contribution in [0.3, 0.4) is 0 Å². The number of morpholine rings is 1. The highest BCUT2D eigenvalue weighted by molar-refractivity contribution is 8.26. The van der Waals surface area contributed by atoms with Crippen LogP contribution >= 0.6 is 24.0 Å². The second-order valence-electron chi connectivity index (χ2n) is 4.70. The summed E-state index contributed by atoms with van der Waals surface area (Å²) in [6, 6.07) is 3.81. The van der Waals surface area contributed by atoms with E-state index in [1.807, 2.05) is 19.1 Å². The number of thiocarbonyl (C=S) groups is 1. The minimum atomic E-state index is -0.0446. The topological polar surface area (TPSA) is 45.9 Å². The zero-order valence-corrected chi connectivity index (χ0v) is 13.3. The number of amides is 1. The van der Waals surface area contributed by atoms with Gasteiger partial charge in [0.2, 0.25) is 0 Å². The Morgan fingerprint density at radius 3 is 2.81 bits per heavy atom. The van der Waals surface area contributed by atoms with Gasteiger partial charge >= 0.3 is 0 Å². The highest BCUT2D eigenvalue weighted by Gasteiger charge is 2.30. The Kier molecular flexibility index (Phi) is 4.32. The number of carbonyl (C=O) groups excluding carboxylic acids is 1. The summed E-state index contributed by atoms with van der Waals surface area (Å²) >= 11 is 6.51. The van der Waals surface area contributed by atoms with Gasteiger partial charge in [0.05, 0.1) is 18.1 Å². The van der Waals surface area contributed by atoms with Crippen LogP contribution in [0.2, 0.25) is 0 Å². The van der Waals surface area contributed by atoms with Gasteiger partial charge in [-0.1, -0.05) is 24.0 Å². The van der Waals surface area contributed by atoms with E-state index in [2.05, 4.69) is 4.90 Å². The predicted molar refractivity (Wildman–Crippen MR) is 87.3 cm³/mol. The summed E-state index contributed by atoms with van der Waals surface area (Å²) in [5.74, 6) is 1.44. The molecule has 0 saturated carbocycles. The zero-order valence-electron chi connectivity index (χ0n) is 11.7. The van der Waals surface area contributed by atoms with Crippen LogP contribution in [0.15, 0.2) is 21.5 Å². The van der Waals surface area contributed by atoms with Gasteiger partial charge in [-0.25, -0.2) is 0 Å². The molecule has 0 atom stereocenters. The molecule has 1 aromatic rings. The summed E-state index contributed by atoms with van der Waals surface area (Å²) in [4.78, 5) is 16.5. The monoisotopic (exact) mass is 324 g/mol. The Hall–Kier alpha value is -1.31. The fourth-order valence-corrected chi connectivity index (χ4v) is 3.64. The Labute approximate surface area is 132 Å². The van der Waals surface area contributed by atoms with E-state index in [1.165, 1.54) is 11.8 Å². The van der Waals surface area contributed by atoms with Crippen LogP contribution in [0.4, 0.5) is 5.88 Å². The van der Waals surface area contributed by atoms with Crippen LogP contribution in [0.1, 0.15) is 12.7 Å². The first-order chi connectivity index (χ1) is 10.2. The van der Waals surface area contributed by atoms with Crippen molar-refractivity contribution < 1.29 is 13.9 Å². The Morgan fingerprint density at radius 2 is 2.14 bits per heavy atom. The fourth-order valence-electron chi connectivity index (χ4n) is 2.28. The summed E-state index contributed by atoms with van der Waals surface area (Å²) in [6.07, 6.45) is 1.76. The predicted octanol–water partition coefficient (Wildman–Crippen LogP) is 2.34. The van der Waals surface area contributed by atoms with Crippen molar-refractivity contribution in [1.82, 2.24) is 4.90 Å². The standard InChI is InChI=1S/C14H16N2O3S2/c1-2-16-13(17)11(21-14(16)20)9-10-3-4-12(19-10)15-5-7-18-8-6-15/h3-4,9H,2,5-8H2,1H3/b11-9+. The van der Waals surface area contributed by atoms with Crippen LogP contribution in [-0.4, -0.2) is 48.0 Å². The highest BCUT2D eigenvalue weighted by Crippen LogP contribution is 2.33. The van der Waals surface area contributed by atoms with Crippen LogP contribution in [0.5, 0.6) is 0 Å². The molecule has 0 unspecified atom stereocenters. The number of thioether (sulfide) groups is 1. The van der Waals surface area contributed by atoms with Gasteiger partial charge in [0, 0.05) is 31.8 Å². The minimum absolute atomic E-state index is 0.0446. The number of likely N-dealkylation sites (N-methyl/N-ethyl adjacent to an activating group) is 1. The smallest absolute Gasteiger partial charge is 0.266 e. The third-order valence-corrected chi connectivity index (χ3v) is 4.78. The van der Waals surface area contributed by atoms with Gasteiger partial charge in [0.25, 0.3) is 5.91 Å². The normalized spacial score (nSPS) is 21.7. The maximum atomic E-state index is 12.1. The number of hydrogen-bond acceptors (Lipinski definition) is 6.